The first-order valence-corrected chi connectivity index (χ1v) is 11.2. The number of aliphatic imine (C=N–C) groups is 1. The molecule has 0 spiro atoms. The highest BCUT2D eigenvalue weighted by molar-refractivity contribution is 6.15. The van der Waals surface area contributed by atoms with Gasteiger partial charge in [0.25, 0.3) is 0 Å². The normalized spacial score (nSPS) is 18.3. The van der Waals surface area contributed by atoms with Gasteiger partial charge in [0, 0.05) is 22.7 Å². The number of benzene rings is 2. The quantitative estimate of drug-likeness (QED) is 0.703. The first-order valence-electron chi connectivity index (χ1n) is 11.2. The maximum atomic E-state index is 13.3. The summed E-state index contributed by atoms with van der Waals surface area (Å²) in [5, 5.41) is 2.09. The fourth-order valence-corrected chi connectivity index (χ4v) is 5.16. The highest BCUT2D eigenvalue weighted by atomic mass is 16.5. The van der Waals surface area contributed by atoms with Crippen LogP contribution >= 0.6 is 0 Å². The lowest BCUT2D eigenvalue weighted by Gasteiger charge is -2.42. The van der Waals surface area contributed by atoms with E-state index >= 15 is 0 Å². The maximum absolute atomic E-state index is 13.3. The Morgan fingerprint density at radius 2 is 2.06 bits per heavy atom. The number of hydrogen-bond donors (Lipinski definition) is 0. The van der Waals surface area contributed by atoms with Gasteiger partial charge in [-0.1, -0.05) is 25.5 Å². The minimum Gasteiger partial charge on any atom is -0.497 e. The van der Waals surface area contributed by atoms with Crippen molar-refractivity contribution in [3.63, 3.8) is 0 Å². The van der Waals surface area contributed by atoms with E-state index in [2.05, 4.69) is 42.2 Å². The molecule has 0 saturated heterocycles. The zero-order valence-electron chi connectivity index (χ0n) is 18.4. The van der Waals surface area contributed by atoms with Gasteiger partial charge in [-0.15, -0.1) is 0 Å². The second-order valence-corrected chi connectivity index (χ2v) is 8.33. The molecule has 160 valence electrons. The number of rotatable bonds is 5. The maximum Gasteiger partial charge on any atom is 0.355 e. The van der Waals surface area contributed by atoms with Gasteiger partial charge in [0.1, 0.15) is 11.4 Å². The van der Waals surface area contributed by atoms with Crippen LogP contribution in [0.5, 0.6) is 5.75 Å². The van der Waals surface area contributed by atoms with Crippen LogP contribution in [0.2, 0.25) is 0 Å². The molecule has 0 fully saturated rings. The van der Waals surface area contributed by atoms with Gasteiger partial charge >= 0.3 is 5.97 Å². The molecule has 0 N–H and O–H groups in total. The van der Waals surface area contributed by atoms with E-state index in [9.17, 15) is 4.79 Å². The van der Waals surface area contributed by atoms with Crippen molar-refractivity contribution >= 4 is 29.1 Å². The third-order valence-corrected chi connectivity index (χ3v) is 6.50. The Balaban J connectivity index is 1.71. The molecule has 0 saturated carbocycles. The molecule has 0 aliphatic carbocycles. The standard InChI is InChI=1S/C26H28N2O3/c1-4-6-18-15-21-22(27-18)10-7-17-14-23-20-9-8-19(30-3)13-16(20)11-12-28(23)25(24(17)21)26(29)31-5-2/h7-10,13,15,23H,4-6,11-12,14H2,1-3H3. The fourth-order valence-electron chi connectivity index (χ4n) is 5.16. The zero-order chi connectivity index (χ0) is 21.5. The van der Waals surface area contributed by atoms with Gasteiger partial charge < -0.3 is 14.4 Å². The van der Waals surface area contributed by atoms with Crippen molar-refractivity contribution in [3.8, 4) is 5.75 Å². The minimum atomic E-state index is -0.240. The van der Waals surface area contributed by atoms with Crippen LogP contribution in [-0.2, 0) is 22.4 Å². The second-order valence-electron chi connectivity index (χ2n) is 8.33. The molecule has 0 bridgehead atoms. The molecule has 0 radical (unpaired) electrons. The van der Waals surface area contributed by atoms with Gasteiger partial charge in [0.15, 0.2) is 0 Å². The average Bonchev–Trinajstić information content (AvgIpc) is 3.20. The Labute approximate surface area is 182 Å². The van der Waals surface area contributed by atoms with Gasteiger partial charge in [-0.05, 0) is 67.2 Å². The van der Waals surface area contributed by atoms with Crippen molar-refractivity contribution in [1.29, 1.82) is 0 Å². The number of carbonyl (C=O) groups is 1. The van der Waals surface area contributed by atoms with E-state index < -0.39 is 0 Å². The molecule has 2 aromatic carbocycles. The number of methoxy groups -OCH3 is 1. The van der Waals surface area contributed by atoms with Crippen LogP contribution in [0.15, 0.2) is 35.3 Å². The van der Waals surface area contributed by atoms with Crippen molar-refractivity contribution in [2.75, 3.05) is 20.3 Å². The van der Waals surface area contributed by atoms with Crippen molar-refractivity contribution < 1.29 is 14.3 Å². The molecule has 3 aliphatic rings. The van der Waals surface area contributed by atoms with Crippen LogP contribution in [0.4, 0.5) is 5.69 Å². The summed E-state index contributed by atoms with van der Waals surface area (Å²) < 4.78 is 11.0. The minimum absolute atomic E-state index is 0.122. The van der Waals surface area contributed by atoms with E-state index in [1.807, 2.05) is 13.0 Å². The topological polar surface area (TPSA) is 51.1 Å². The highest BCUT2D eigenvalue weighted by Gasteiger charge is 2.37. The third kappa shape index (κ3) is 3.23. The monoisotopic (exact) mass is 416 g/mol. The predicted molar refractivity (Wildman–Crippen MR) is 122 cm³/mol. The van der Waals surface area contributed by atoms with Crippen LogP contribution in [0.1, 0.15) is 49.4 Å². The Bertz CT molecular complexity index is 1210. The fraction of sp³-hybridized carbons (Fsp3) is 0.385. The summed E-state index contributed by atoms with van der Waals surface area (Å²) in [5.74, 6) is 0.641. The molecule has 3 aliphatic heterocycles. The van der Waals surface area contributed by atoms with Crippen molar-refractivity contribution in [2.45, 2.75) is 45.6 Å². The van der Waals surface area contributed by atoms with Crippen LogP contribution in [-0.4, -0.2) is 36.8 Å². The highest BCUT2D eigenvalue weighted by Crippen LogP contribution is 2.38. The molecule has 5 nitrogen and oxygen atoms in total. The summed E-state index contributed by atoms with van der Waals surface area (Å²) in [6.45, 7) is 5.17. The summed E-state index contributed by atoms with van der Waals surface area (Å²) in [6.07, 6.45) is 5.90. The summed E-state index contributed by atoms with van der Waals surface area (Å²) in [6, 6.07) is 10.7. The van der Waals surface area contributed by atoms with E-state index in [1.54, 1.807) is 7.11 Å². The Morgan fingerprint density at radius 3 is 2.84 bits per heavy atom. The summed E-state index contributed by atoms with van der Waals surface area (Å²) in [5.41, 5.74) is 6.50. The number of nitrogens with zero attached hydrogens (tertiary/aromatic N) is 2. The number of hydrogen-bond acceptors (Lipinski definition) is 5. The van der Waals surface area contributed by atoms with E-state index in [0.29, 0.717) is 12.3 Å². The molecular weight excluding hydrogens is 388 g/mol. The predicted octanol–water partition coefficient (Wildman–Crippen LogP) is 3.19. The van der Waals surface area contributed by atoms with Gasteiger partial charge in [-0.3, -0.25) is 4.99 Å². The third-order valence-electron chi connectivity index (χ3n) is 6.50. The molecule has 5 rings (SSSR count). The lowest BCUT2D eigenvalue weighted by molar-refractivity contribution is -0.137. The first kappa shape index (κ1) is 19.9. The molecule has 3 heterocycles. The van der Waals surface area contributed by atoms with E-state index in [4.69, 9.17) is 14.5 Å². The van der Waals surface area contributed by atoms with Crippen molar-refractivity contribution in [1.82, 2.24) is 4.90 Å². The molecule has 1 atom stereocenters. The largest absolute Gasteiger partial charge is 0.497 e. The van der Waals surface area contributed by atoms with Crippen molar-refractivity contribution in [3.05, 3.63) is 57.5 Å². The lowest BCUT2D eigenvalue weighted by atomic mass is 9.84. The van der Waals surface area contributed by atoms with E-state index in [1.165, 1.54) is 16.7 Å². The van der Waals surface area contributed by atoms with Gasteiger partial charge in [0.2, 0.25) is 0 Å². The van der Waals surface area contributed by atoms with Crippen LogP contribution in [0, 0.1) is 0 Å². The van der Waals surface area contributed by atoms with Gasteiger partial charge in [-0.25, -0.2) is 4.79 Å². The molecule has 0 aromatic heterocycles. The smallest absolute Gasteiger partial charge is 0.355 e. The summed E-state index contributed by atoms with van der Waals surface area (Å²) in [7, 11) is 1.70. The van der Waals surface area contributed by atoms with E-state index in [0.717, 1.165) is 59.8 Å². The SMILES string of the molecule is CCCC1=Nc2ccc3c(c2=C1)=C(C(=O)OCC)N1CCc2cc(OC)ccc2C1C3. The molecular formula is C26H28N2O3. The van der Waals surface area contributed by atoms with Crippen molar-refractivity contribution in [2.24, 2.45) is 4.99 Å². The van der Waals surface area contributed by atoms with Gasteiger partial charge in [0.05, 0.1) is 25.4 Å². The van der Waals surface area contributed by atoms with Crippen LogP contribution in [0.25, 0.3) is 11.8 Å². The number of esters is 1. The molecule has 1 unspecified atom stereocenters. The Morgan fingerprint density at radius 1 is 1.19 bits per heavy atom. The lowest BCUT2D eigenvalue weighted by Crippen LogP contribution is -2.49. The number of carbonyl (C=O) groups excluding carboxylic acids is 1. The second kappa shape index (κ2) is 7.88. The van der Waals surface area contributed by atoms with Crippen LogP contribution in [0.3, 0.4) is 0 Å². The molecule has 31 heavy (non-hydrogen) atoms. The van der Waals surface area contributed by atoms with Crippen LogP contribution < -0.4 is 15.2 Å². The Kier molecular flexibility index (Phi) is 5.05. The first-order chi connectivity index (χ1) is 15.1. The number of ether oxygens (including phenoxy) is 2. The summed E-state index contributed by atoms with van der Waals surface area (Å²) >= 11 is 0. The van der Waals surface area contributed by atoms with E-state index in [-0.39, 0.29) is 12.0 Å². The average molecular weight is 417 g/mol. The zero-order valence-corrected chi connectivity index (χ0v) is 18.4. The summed E-state index contributed by atoms with van der Waals surface area (Å²) in [4.78, 5) is 20.3. The number of fused-ring (bicyclic) bond motifs is 6. The molecule has 5 heteroatoms. The Hall–Kier alpha value is -3.08. The van der Waals surface area contributed by atoms with Gasteiger partial charge in [-0.2, -0.15) is 0 Å². The molecule has 2 aromatic rings. The molecule has 0 amide bonds.